The predicted octanol–water partition coefficient (Wildman–Crippen LogP) is 14.5. The molecule has 11 nitrogen and oxygen atoms in total. The quantitative estimate of drug-likeness (QED) is 0.0680. The molecule has 3 heterocycles. The number of carbonyl (C=O) groups excluding carboxylic acids is 3. The average Bonchev–Trinajstić information content (AvgIpc) is 4.15. The number of carbonyl (C=O) groups is 3. The number of ether oxygens (including phenoxy) is 2. The van der Waals surface area contributed by atoms with E-state index in [-0.39, 0.29) is 35.1 Å². The number of amides is 3. The lowest BCUT2D eigenvalue weighted by Crippen LogP contribution is -2.12. The van der Waals surface area contributed by atoms with Gasteiger partial charge in [0, 0.05) is 49.0 Å². The van der Waals surface area contributed by atoms with Crippen molar-refractivity contribution in [1.29, 1.82) is 0 Å². The van der Waals surface area contributed by atoms with Gasteiger partial charge < -0.3 is 30.5 Å². The van der Waals surface area contributed by atoms with Crippen LogP contribution in [0.1, 0.15) is 55.2 Å². The number of nitrogens with one attached hydrogen (secondary N) is 4. The van der Waals surface area contributed by atoms with Crippen LogP contribution in [0.5, 0.6) is 28.7 Å². The van der Waals surface area contributed by atoms with E-state index in [0.717, 1.165) is 32.9 Å². The fourth-order valence-electron chi connectivity index (χ4n) is 6.96. The second-order valence-electron chi connectivity index (χ2n) is 15.8. The standard InChI is InChI=1S/C53H39ClFN5O6S2/c1-30(2)32-25-33(27-42(26-32)66-39-15-3-31(4-16-39)45-29-46(60-59-45)51(62)56-35-7-5-34(54)6-8-35)47-21-23-49(67-47)52(63)58-37-11-17-40(18-12-37)65-41-19-20-43(44(55)28-41)48-22-24-50(68-48)53(64)57-36-9-13-38(61)14-10-36/h3-30,61H,1-2H3,(H,56,62)(H,57,64)(H,58,63)(H,59,60). The van der Waals surface area contributed by atoms with Gasteiger partial charge in [0.15, 0.2) is 0 Å². The molecular formula is C53H39ClFN5O6S2. The molecule has 0 saturated carbocycles. The first-order valence-electron chi connectivity index (χ1n) is 21.1. The number of phenolic OH excluding ortho intramolecular Hbond substituents is 1. The number of aromatic amines is 1. The number of H-pyrrole nitrogens is 1. The van der Waals surface area contributed by atoms with E-state index in [1.165, 1.54) is 29.5 Å². The van der Waals surface area contributed by atoms with E-state index in [2.05, 4.69) is 46.1 Å². The van der Waals surface area contributed by atoms with Gasteiger partial charge in [0.25, 0.3) is 17.7 Å². The zero-order valence-corrected chi connectivity index (χ0v) is 38.6. The zero-order chi connectivity index (χ0) is 47.3. The fourth-order valence-corrected chi connectivity index (χ4v) is 8.90. The van der Waals surface area contributed by atoms with Crippen LogP contribution in [0.15, 0.2) is 164 Å². The Bertz CT molecular complexity index is 3280. The number of aromatic hydroxyl groups is 1. The van der Waals surface area contributed by atoms with E-state index in [0.29, 0.717) is 70.9 Å². The summed E-state index contributed by atoms with van der Waals surface area (Å²) in [5.74, 6) is 0.831. The third kappa shape index (κ3) is 10.8. The largest absolute Gasteiger partial charge is 0.508 e. The number of rotatable bonds is 14. The van der Waals surface area contributed by atoms with Gasteiger partial charge in [-0.3, -0.25) is 19.5 Å². The molecule has 0 radical (unpaired) electrons. The summed E-state index contributed by atoms with van der Waals surface area (Å²) >= 11 is 8.48. The maximum Gasteiger partial charge on any atom is 0.273 e. The highest BCUT2D eigenvalue weighted by Gasteiger charge is 2.17. The van der Waals surface area contributed by atoms with Gasteiger partial charge in [0.05, 0.1) is 15.4 Å². The van der Waals surface area contributed by atoms with Crippen LogP contribution in [-0.4, -0.2) is 33.0 Å². The fraction of sp³-hybridized carbons (Fsp3) is 0.0566. The van der Waals surface area contributed by atoms with E-state index in [4.69, 9.17) is 21.1 Å². The number of phenols is 1. The monoisotopic (exact) mass is 959 g/mol. The zero-order valence-electron chi connectivity index (χ0n) is 36.2. The van der Waals surface area contributed by atoms with Crippen molar-refractivity contribution in [3.05, 3.63) is 196 Å². The van der Waals surface area contributed by atoms with Gasteiger partial charge in [-0.05, 0) is 175 Å². The van der Waals surface area contributed by atoms with Crippen LogP contribution < -0.4 is 25.4 Å². The molecule has 68 heavy (non-hydrogen) atoms. The summed E-state index contributed by atoms with van der Waals surface area (Å²) in [6.07, 6.45) is 0. The van der Waals surface area contributed by atoms with Crippen LogP contribution in [0.3, 0.4) is 0 Å². The summed E-state index contributed by atoms with van der Waals surface area (Å²) in [6.45, 7) is 4.22. The SMILES string of the molecule is CC(C)c1cc(Oc2ccc(-c3cc(C(=O)Nc4ccc(Cl)cc4)[nH]n3)cc2)cc(-c2ccc(C(=O)Nc3ccc(Oc4ccc(-c5ccc(C(=O)Nc6ccc(O)cc6)s5)c(F)c4)cc3)s2)c1. The molecule has 0 bridgehead atoms. The van der Waals surface area contributed by atoms with Gasteiger partial charge in [-0.1, -0.05) is 25.4 Å². The Labute approximate surface area is 402 Å². The summed E-state index contributed by atoms with van der Waals surface area (Å²) in [5, 5.41) is 25.7. The van der Waals surface area contributed by atoms with Crippen molar-refractivity contribution < 1.29 is 33.4 Å². The molecule has 9 rings (SSSR count). The molecule has 3 aromatic heterocycles. The summed E-state index contributed by atoms with van der Waals surface area (Å²) in [7, 11) is 0. The molecule has 0 spiro atoms. The molecule has 338 valence electrons. The third-order valence-corrected chi connectivity index (χ3v) is 13.0. The Kier molecular flexibility index (Phi) is 13.2. The molecule has 0 aliphatic carbocycles. The first-order valence-corrected chi connectivity index (χ1v) is 23.2. The molecule has 0 saturated heterocycles. The maximum atomic E-state index is 15.3. The lowest BCUT2D eigenvalue weighted by atomic mass is 9.99. The number of thiophene rings is 2. The van der Waals surface area contributed by atoms with Crippen LogP contribution in [0.2, 0.25) is 5.02 Å². The van der Waals surface area contributed by atoms with Crippen LogP contribution in [0, 0.1) is 5.82 Å². The Hall–Kier alpha value is -8.04. The lowest BCUT2D eigenvalue weighted by Gasteiger charge is -2.13. The minimum absolute atomic E-state index is 0.0915. The van der Waals surface area contributed by atoms with Crippen molar-refractivity contribution >= 4 is 69.1 Å². The molecule has 0 aliphatic heterocycles. The van der Waals surface area contributed by atoms with Crippen molar-refractivity contribution in [2.45, 2.75) is 19.8 Å². The van der Waals surface area contributed by atoms with Gasteiger partial charge in [0.1, 0.15) is 40.3 Å². The molecule has 6 aromatic carbocycles. The average molecular weight is 961 g/mol. The van der Waals surface area contributed by atoms with Crippen LogP contribution in [0.25, 0.3) is 32.1 Å². The first-order chi connectivity index (χ1) is 32.9. The van der Waals surface area contributed by atoms with Crippen LogP contribution >= 0.6 is 34.3 Å². The highest BCUT2D eigenvalue weighted by Crippen LogP contribution is 2.37. The van der Waals surface area contributed by atoms with Crippen molar-refractivity contribution in [2.75, 3.05) is 16.0 Å². The Morgan fingerprint density at radius 1 is 0.588 bits per heavy atom. The minimum atomic E-state index is -0.513. The van der Waals surface area contributed by atoms with Crippen LogP contribution in [-0.2, 0) is 0 Å². The Morgan fingerprint density at radius 2 is 1.13 bits per heavy atom. The van der Waals surface area contributed by atoms with Gasteiger partial charge in [-0.25, -0.2) is 4.39 Å². The number of aromatic nitrogens is 2. The first kappa shape index (κ1) is 45.1. The Balaban J connectivity index is 0.803. The topological polar surface area (TPSA) is 155 Å². The van der Waals surface area contributed by atoms with E-state index < -0.39 is 5.82 Å². The van der Waals surface area contributed by atoms with Crippen molar-refractivity contribution in [2.24, 2.45) is 0 Å². The smallest absolute Gasteiger partial charge is 0.273 e. The molecule has 0 fully saturated rings. The molecule has 3 amide bonds. The summed E-state index contributed by atoms with van der Waals surface area (Å²) < 4.78 is 27.6. The molecule has 9 aromatic rings. The number of halogens is 2. The van der Waals surface area contributed by atoms with E-state index in [9.17, 15) is 19.5 Å². The molecule has 0 unspecified atom stereocenters. The highest BCUT2D eigenvalue weighted by atomic mass is 35.5. The predicted molar refractivity (Wildman–Crippen MR) is 268 cm³/mol. The van der Waals surface area contributed by atoms with Gasteiger partial charge in [-0.15, -0.1) is 22.7 Å². The van der Waals surface area contributed by atoms with E-state index >= 15 is 4.39 Å². The van der Waals surface area contributed by atoms with Gasteiger partial charge >= 0.3 is 0 Å². The van der Waals surface area contributed by atoms with Crippen molar-refractivity contribution in [3.63, 3.8) is 0 Å². The number of nitrogens with zero attached hydrogens (tertiary/aromatic N) is 1. The summed E-state index contributed by atoms with van der Waals surface area (Å²) in [5.41, 5.74) is 5.72. The number of anilines is 3. The van der Waals surface area contributed by atoms with Gasteiger partial charge in [-0.2, -0.15) is 5.10 Å². The van der Waals surface area contributed by atoms with Crippen LogP contribution in [0.4, 0.5) is 21.5 Å². The second kappa shape index (κ2) is 19.8. The maximum absolute atomic E-state index is 15.3. The minimum Gasteiger partial charge on any atom is -0.508 e. The van der Waals surface area contributed by atoms with Crippen molar-refractivity contribution in [1.82, 2.24) is 10.2 Å². The third-order valence-electron chi connectivity index (χ3n) is 10.5. The summed E-state index contributed by atoms with van der Waals surface area (Å²) in [6, 6.07) is 46.5. The molecular weight excluding hydrogens is 921 g/mol. The lowest BCUT2D eigenvalue weighted by molar-refractivity contribution is 0.101. The van der Waals surface area contributed by atoms with Crippen molar-refractivity contribution in [3.8, 4) is 60.9 Å². The summed E-state index contributed by atoms with van der Waals surface area (Å²) in [4.78, 5) is 41.3. The van der Waals surface area contributed by atoms with E-state index in [1.54, 1.807) is 97.1 Å². The molecule has 15 heteroatoms. The Morgan fingerprint density at radius 3 is 1.76 bits per heavy atom. The molecule has 0 aliphatic rings. The number of benzene rings is 6. The van der Waals surface area contributed by atoms with E-state index in [1.807, 2.05) is 42.5 Å². The van der Waals surface area contributed by atoms with Gasteiger partial charge in [0.2, 0.25) is 0 Å². The molecule has 5 N–H and O–H groups in total. The molecule has 0 atom stereocenters. The number of hydrogen-bond acceptors (Lipinski definition) is 9. The normalized spacial score (nSPS) is 11.0. The second-order valence-corrected chi connectivity index (χ2v) is 18.4. The number of hydrogen-bond donors (Lipinski definition) is 5. The highest BCUT2D eigenvalue weighted by molar-refractivity contribution is 7.17.